The second-order valence-electron chi connectivity index (χ2n) is 5.31. The van der Waals surface area contributed by atoms with Crippen LogP contribution in [-0.4, -0.2) is 27.9 Å². The molecule has 0 radical (unpaired) electrons. The molecule has 0 bridgehead atoms. The molecule has 0 saturated heterocycles. The zero-order valence-electron chi connectivity index (χ0n) is 11.5. The Balaban J connectivity index is 2.08. The van der Waals surface area contributed by atoms with Gasteiger partial charge < -0.3 is 10.6 Å². The predicted molar refractivity (Wildman–Crippen MR) is 75.1 cm³/mol. The Morgan fingerprint density at radius 1 is 1.53 bits per heavy atom. The van der Waals surface area contributed by atoms with Crippen molar-refractivity contribution in [3.8, 4) is 0 Å². The summed E-state index contributed by atoms with van der Waals surface area (Å²) in [6.45, 7) is 4.67. The van der Waals surface area contributed by atoms with Crippen molar-refractivity contribution < 1.29 is 4.79 Å². The van der Waals surface area contributed by atoms with E-state index in [-0.39, 0.29) is 23.9 Å². The van der Waals surface area contributed by atoms with E-state index in [2.05, 4.69) is 4.98 Å². The molecule has 0 fully saturated rings. The lowest BCUT2D eigenvalue weighted by Crippen LogP contribution is -2.40. The summed E-state index contributed by atoms with van der Waals surface area (Å²) in [5.41, 5.74) is 6.88. The van der Waals surface area contributed by atoms with Crippen LogP contribution in [0, 0.1) is 5.92 Å². The van der Waals surface area contributed by atoms with E-state index in [1.807, 2.05) is 43.0 Å². The van der Waals surface area contributed by atoms with E-state index < -0.39 is 0 Å². The van der Waals surface area contributed by atoms with Gasteiger partial charge in [-0.2, -0.15) is 0 Å². The maximum absolute atomic E-state index is 12.5. The molecule has 1 aliphatic rings. The molecule has 0 spiro atoms. The predicted octanol–water partition coefficient (Wildman–Crippen LogP) is 1.72. The second kappa shape index (κ2) is 5.97. The monoisotopic (exact) mass is 259 g/mol. The van der Waals surface area contributed by atoms with Crippen LogP contribution in [-0.2, 0) is 11.3 Å². The van der Waals surface area contributed by atoms with Gasteiger partial charge in [0.05, 0.1) is 5.92 Å². The van der Waals surface area contributed by atoms with Gasteiger partial charge in [-0.1, -0.05) is 18.2 Å². The molecule has 1 aromatic heterocycles. The summed E-state index contributed by atoms with van der Waals surface area (Å²) in [6, 6.07) is 4.06. The Morgan fingerprint density at radius 3 is 2.84 bits per heavy atom. The number of carbonyl (C=O) groups is 1. The molecule has 0 aliphatic heterocycles. The van der Waals surface area contributed by atoms with Crippen LogP contribution in [0.1, 0.15) is 25.8 Å². The van der Waals surface area contributed by atoms with Gasteiger partial charge in [0.1, 0.15) is 0 Å². The molecule has 2 unspecified atom stereocenters. The molecule has 4 nitrogen and oxygen atoms in total. The highest BCUT2D eigenvalue weighted by atomic mass is 16.2. The minimum atomic E-state index is -0.0749. The highest BCUT2D eigenvalue weighted by molar-refractivity contribution is 5.81. The van der Waals surface area contributed by atoms with Crippen LogP contribution in [0.15, 0.2) is 36.7 Å². The van der Waals surface area contributed by atoms with E-state index in [1.165, 1.54) is 0 Å². The first-order valence-electron chi connectivity index (χ1n) is 6.71. The number of aromatic nitrogens is 1. The summed E-state index contributed by atoms with van der Waals surface area (Å²) in [6.07, 6.45) is 8.12. The molecule has 4 heteroatoms. The number of nitrogens with two attached hydrogens (primary N) is 1. The molecule has 1 aromatic rings. The SMILES string of the molecule is CC(C)N(Cc1cccnc1)C(=O)C1C=CC(N)C1. The minimum absolute atomic E-state index is 0.0151. The Labute approximate surface area is 114 Å². The second-order valence-corrected chi connectivity index (χ2v) is 5.31. The first-order valence-corrected chi connectivity index (χ1v) is 6.71. The fraction of sp³-hybridized carbons (Fsp3) is 0.467. The van der Waals surface area contributed by atoms with Gasteiger partial charge in [-0.25, -0.2) is 0 Å². The summed E-state index contributed by atoms with van der Waals surface area (Å²) < 4.78 is 0. The van der Waals surface area contributed by atoms with E-state index in [0.717, 1.165) is 12.0 Å². The third-order valence-electron chi connectivity index (χ3n) is 3.42. The van der Waals surface area contributed by atoms with Crippen LogP contribution in [0.3, 0.4) is 0 Å². The van der Waals surface area contributed by atoms with Crippen LogP contribution in [0.4, 0.5) is 0 Å². The summed E-state index contributed by atoms with van der Waals surface area (Å²) in [5, 5.41) is 0. The van der Waals surface area contributed by atoms with Crippen molar-refractivity contribution >= 4 is 5.91 Å². The summed E-state index contributed by atoms with van der Waals surface area (Å²) >= 11 is 0. The molecule has 2 N–H and O–H groups in total. The Kier molecular flexibility index (Phi) is 4.32. The lowest BCUT2D eigenvalue weighted by atomic mass is 10.0. The summed E-state index contributed by atoms with van der Waals surface area (Å²) in [5.74, 6) is 0.0807. The van der Waals surface area contributed by atoms with Gasteiger partial charge in [0.2, 0.25) is 5.91 Å². The van der Waals surface area contributed by atoms with Crippen LogP contribution < -0.4 is 5.73 Å². The number of pyridine rings is 1. The number of hydrogen-bond donors (Lipinski definition) is 1. The van der Waals surface area contributed by atoms with E-state index >= 15 is 0 Å². The summed E-state index contributed by atoms with van der Waals surface area (Å²) in [7, 11) is 0. The Hall–Kier alpha value is -1.68. The van der Waals surface area contributed by atoms with Gasteiger partial charge >= 0.3 is 0 Å². The molecule has 102 valence electrons. The standard InChI is InChI=1S/C15H21N3O/c1-11(2)18(10-12-4-3-7-17-9-12)15(19)13-5-6-14(16)8-13/h3-7,9,11,13-14H,8,10,16H2,1-2H3. The first kappa shape index (κ1) is 13.7. The molecule has 2 atom stereocenters. The van der Waals surface area contributed by atoms with Crippen molar-refractivity contribution in [2.45, 2.75) is 38.9 Å². The third kappa shape index (κ3) is 3.41. The van der Waals surface area contributed by atoms with Crippen LogP contribution in [0.5, 0.6) is 0 Å². The van der Waals surface area contributed by atoms with Gasteiger partial charge in [0.25, 0.3) is 0 Å². The van der Waals surface area contributed by atoms with Crippen molar-refractivity contribution in [2.75, 3.05) is 0 Å². The van der Waals surface area contributed by atoms with Gasteiger partial charge in [-0.3, -0.25) is 9.78 Å². The largest absolute Gasteiger partial charge is 0.335 e. The van der Waals surface area contributed by atoms with Crippen molar-refractivity contribution in [1.82, 2.24) is 9.88 Å². The van der Waals surface area contributed by atoms with Crippen molar-refractivity contribution in [3.05, 3.63) is 42.2 Å². The van der Waals surface area contributed by atoms with Gasteiger partial charge in [-0.05, 0) is 31.9 Å². The maximum Gasteiger partial charge on any atom is 0.230 e. The highest BCUT2D eigenvalue weighted by Gasteiger charge is 2.28. The molecule has 0 saturated carbocycles. The van der Waals surface area contributed by atoms with Crippen molar-refractivity contribution in [3.63, 3.8) is 0 Å². The van der Waals surface area contributed by atoms with Gasteiger partial charge in [-0.15, -0.1) is 0 Å². The summed E-state index contributed by atoms with van der Waals surface area (Å²) in [4.78, 5) is 18.5. The van der Waals surface area contributed by atoms with Gasteiger partial charge in [0, 0.05) is 31.0 Å². The number of nitrogens with zero attached hydrogens (tertiary/aromatic N) is 2. The smallest absolute Gasteiger partial charge is 0.230 e. The molecule has 2 rings (SSSR count). The first-order chi connectivity index (χ1) is 9.08. The number of amides is 1. The molecular weight excluding hydrogens is 238 g/mol. The van der Waals surface area contributed by atoms with Crippen molar-refractivity contribution in [2.24, 2.45) is 11.7 Å². The average Bonchev–Trinajstić information content (AvgIpc) is 2.83. The van der Waals surface area contributed by atoms with E-state index in [9.17, 15) is 4.79 Å². The zero-order chi connectivity index (χ0) is 13.8. The molecule has 1 aliphatic carbocycles. The van der Waals surface area contributed by atoms with Crippen LogP contribution >= 0.6 is 0 Å². The maximum atomic E-state index is 12.5. The van der Waals surface area contributed by atoms with Gasteiger partial charge in [0.15, 0.2) is 0 Å². The number of hydrogen-bond acceptors (Lipinski definition) is 3. The lowest BCUT2D eigenvalue weighted by Gasteiger charge is -2.29. The third-order valence-corrected chi connectivity index (χ3v) is 3.42. The van der Waals surface area contributed by atoms with Crippen LogP contribution in [0.25, 0.3) is 0 Å². The molecule has 1 heterocycles. The minimum Gasteiger partial charge on any atom is -0.335 e. The van der Waals surface area contributed by atoms with E-state index in [4.69, 9.17) is 5.73 Å². The van der Waals surface area contributed by atoms with Crippen molar-refractivity contribution in [1.29, 1.82) is 0 Å². The zero-order valence-corrected chi connectivity index (χ0v) is 11.5. The van der Waals surface area contributed by atoms with E-state index in [0.29, 0.717) is 6.54 Å². The molecule has 19 heavy (non-hydrogen) atoms. The fourth-order valence-corrected chi connectivity index (χ4v) is 2.33. The molecular formula is C15H21N3O. The van der Waals surface area contributed by atoms with Crippen LogP contribution in [0.2, 0.25) is 0 Å². The number of carbonyl (C=O) groups excluding carboxylic acids is 1. The molecule has 1 amide bonds. The average molecular weight is 259 g/mol. The topological polar surface area (TPSA) is 59.2 Å². The quantitative estimate of drug-likeness (QED) is 0.838. The Morgan fingerprint density at radius 2 is 2.32 bits per heavy atom. The number of rotatable bonds is 4. The Bertz CT molecular complexity index is 456. The fourth-order valence-electron chi connectivity index (χ4n) is 2.33. The normalized spacial score (nSPS) is 21.9. The molecule has 0 aromatic carbocycles. The lowest BCUT2D eigenvalue weighted by molar-refractivity contribution is -0.136. The highest BCUT2D eigenvalue weighted by Crippen LogP contribution is 2.21. The van der Waals surface area contributed by atoms with E-state index in [1.54, 1.807) is 12.4 Å².